The molecule has 0 bridgehead atoms. The number of para-hydroxylation sites is 3. The van der Waals surface area contributed by atoms with Crippen LogP contribution in [0.25, 0.3) is 100 Å². The normalized spacial score (nSPS) is 11.6. The topological polar surface area (TPSA) is 61.4 Å². The molecule has 0 aliphatic heterocycles. The summed E-state index contributed by atoms with van der Waals surface area (Å²) in [6.07, 6.45) is 2.01. The molecule has 11 aromatic rings. The van der Waals surface area contributed by atoms with E-state index in [4.69, 9.17) is 19.9 Å². The molecule has 7 aromatic carbocycles. The van der Waals surface area contributed by atoms with Gasteiger partial charge in [0.1, 0.15) is 0 Å². The first-order valence-electron chi connectivity index (χ1n) is 18.7. The van der Waals surface area contributed by atoms with Crippen LogP contribution >= 0.6 is 0 Å². The van der Waals surface area contributed by atoms with E-state index in [1.54, 1.807) is 0 Å². The second-order valence-corrected chi connectivity index (χ2v) is 13.9. The highest BCUT2D eigenvalue weighted by Crippen LogP contribution is 2.40. The second-order valence-electron chi connectivity index (χ2n) is 13.9. The van der Waals surface area contributed by atoms with E-state index in [2.05, 4.69) is 185 Å². The van der Waals surface area contributed by atoms with Crippen molar-refractivity contribution in [1.82, 2.24) is 29.1 Å². The summed E-state index contributed by atoms with van der Waals surface area (Å²) in [4.78, 5) is 21.1. The summed E-state index contributed by atoms with van der Waals surface area (Å²) in [7, 11) is 0. The summed E-state index contributed by atoms with van der Waals surface area (Å²) >= 11 is 0. The zero-order valence-corrected chi connectivity index (χ0v) is 30.2. The lowest BCUT2D eigenvalue weighted by Gasteiger charge is -2.13. The van der Waals surface area contributed by atoms with Crippen LogP contribution in [-0.4, -0.2) is 29.1 Å². The predicted molar refractivity (Wildman–Crippen MR) is 228 cm³/mol. The number of hydrogen-bond acceptors (Lipinski definition) is 4. The Kier molecular flexibility index (Phi) is 7.38. The van der Waals surface area contributed by atoms with Crippen molar-refractivity contribution in [2.75, 3.05) is 0 Å². The van der Waals surface area contributed by atoms with Gasteiger partial charge < -0.3 is 4.57 Å². The Bertz CT molecular complexity index is 3140. The van der Waals surface area contributed by atoms with E-state index >= 15 is 0 Å². The summed E-state index contributed by atoms with van der Waals surface area (Å²) in [6, 6.07) is 65.2. The molecule has 0 aliphatic rings. The van der Waals surface area contributed by atoms with E-state index in [9.17, 15) is 0 Å². The van der Waals surface area contributed by atoms with Crippen LogP contribution < -0.4 is 0 Å². The van der Waals surface area contributed by atoms with Gasteiger partial charge in [0.2, 0.25) is 5.95 Å². The van der Waals surface area contributed by atoms with Crippen molar-refractivity contribution in [1.29, 1.82) is 0 Å². The van der Waals surface area contributed by atoms with Gasteiger partial charge in [-0.05, 0) is 58.7 Å². The molecule has 0 saturated heterocycles. The molecular weight excluding hydrogens is 685 g/mol. The average Bonchev–Trinajstić information content (AvgIpc) is 3.80. The first-order chi connectivity index (χ1) is 27.8. The minimum atomic E-state index is 0.531. The molecule has 4 aromatic heterocycles. The highest BCUT2D eigenvalue weighted by atomic mass is 15.2. The fraction of sp³-hybridized carbons (Fsp3) is 0. The number of pyridine rings is 1. The van der Waals surface area contributed by atoms with Crippen LogP contribution in [0.1, 0.15) is 0 Å². The summed E-state index contributed by atoms with van der Waals surface area (Å²) < 4.78 is 4.54. The first-order valence-corrected chi connectivity index (χ1v) is 18.7. The number of rotatable bonds is 6. The molecule has 6 nitrogen and oxygen atoms in total. The van der Waals surface area contributed by atoms with Crippen molar-refractivity contribution in [2.45, 2.75) is 0 Å². The van der Waals surface area contributed by atoms with Crippen molar-refractivity contribution in [3.05, 3.63) is 194 Å². The quantitative estimate of drug-likeness (QED) is 0.172. The van der Waals surface area contributed by atoms with Gasteiger partial charge in [-0.15, -0.1) is 0 Å². The molecule has 262 valence electrons. The van der Waals surface area contributed by atoms with E-state index in [0.29, 0.717) is 17.6 Å². The van der Waals surface area contributed by atoms with Crippen molar-refractivity contribution in [3.8, 4) is 56.7 Å². The largest absolute Gasteiger partial charge is 0.306 e. The van der Waals surface area contributed by atoms with Gasteiger partial charge >= 0.3 is 0 Å². The molecular formula is C50H32N6. The number of fused-ring (bicyclic) bond motifs is 7. The third-order valence-corrected chi connectivity index (χ3v) is 10.6. The Labute approximate surface area is 322 Å². The SMILES string of the molecule is c1ccc(-c2cccc(-c3nc(-c4cccc(-c5ccccc5)c4)nc(-n4c5ccccc5c5cnc6c7ccccc7n(-c7ccccc7)c6c54)n3)c2)cc1. The maximum Gasteiger partial charge on any atom is 0.238 e. The minimum Gasteiger partial charge on any atom is -0.306 e. The molecule has 0 fully saturated rings. The lowest BCUT2D eigenvalue weighted by molar-refractivity contribution is 0.953. The highest BCUT2D eigenvalue weighted by molar-refractivity contribution is 6.22. The summed E-state index contributed by atoms with van der Waals surface area (Å²) in [6.45, 7) is 0. The van der Waals surface area contributed by atoms with Crippen LogP contribution in [0.3, 0.4) is 0 Å². The Morgan fingerprint density at radius 1 is 0.339 bits per heavy atom. The van der Waals surface area contributed by atoms with Gasteiger partial charge in [0.15, 0.2) is 11.6 Å². The van der Waals surface area contributed by atoms with E-state index in [1.165, 1.54) is 0 Å². The molecule has 0 unspecified atom stereocenters. The number of nitrogens with zero attached hydrogens (tertiary/aromatic N) is 6. The Morgan fingerprint density at radius 2 is 0.821 bits per heavy atom. The van der Waals surface area contributed by atoms with Gasteiger partial charge in [-0.1, -0.05) is 152 Å². The van der Waals surface area contributed by atoms with E-state index < -0.39 is 0 Å². The summed E-state index contributed by atoms with van der Waals surface area (Å²) in [5.74, 6) is 1.71. The van der Waals surface area contributed by atoms with Gasteiger partial charge in [0.25, 0.3) is 0 Å². The molecule has 0 radical (unpaired) electrons. The standard InChI is InChI=1S/C50H32N6/c1-4-16-33(17-5-1)35-20-14-22-37(30-35)48-52-49(38-23-15-21-36(31-38)34-18-6-2-7-19-34)54-50(53-48)56-43-28-12-10-26-40(43)42-32-51-45-41-27-11-13-29-44(41)55(47(45)46(42)56)39-24-8-3-9-25-39/h1-32H. The minimum absolute atomic E-state index is 0.531. The number of benzene rings is 7. The van der Waals surface area contributed by atoms with Gasteiger partial charge in [0, 0.05) is 39.2 Å². The lowest BCUT2D eigenvalue weighted by atomic mass is 10.0. The lowest BCUT2D eigenvalue weighted by Crippen LogP contribution is -2.07. The maximum atomic E-state index is 5.36. The van der Waals surface area contributed by atoms with Gasteiger partial charge in [-0.2, -0.15) is 9.97 Å². The molecule has 0 amide bonds. The van der Waals surface area contributed by atoms with Crippen LogP contribution in [0.15, 0.2) is 194 Å². The van der Waals surface area contributed by atoms with Gasteiger partial charge in [-0.3, -0.25) is 9.55 Å². The third kappa shape index (κ3) is 5.19. The van der Waals surface area contributed by atoms with Crippen molar-refractivity contribution >= 4 is 43.7 Å². The van der Waals surface area contributed by atoms with Crippen molar-refractivity contribution in [3.63, 3.8) is 0 Å². The van der Waals surface area contributed by atoms with Gasteiger partial charge in [0.05, 0.1) is 27.6 Å². The number of aromatic nitrogens is 6. The van der Waals surface area contributed by atoms with Crippen LogP contribution in [0.4, 0.5) is 0 Å². The van der Waals surface area contributed by atoms with E-state index in [1.807, 2.05) is 18.3 Å². The molecule has 0 atom stereocenters. The zero-order chi connectivity index (χ0) is 37.0. The fourth-order valence-electron chi connectivity index (χ4n) is 8.04. The molecule has 6 heteroatoms. The molecule has 0 saturated carbocycles. The Hall–Kier alpha value is -7.70. The van der Waals surface area contributed by atoms with Crippen LogP contribution in [-0.2, 0) is 0 Å². The van der Waals surface area contributed by atoms with Crippen LogP contribution in [0, 0.1) is 0 Å². The van der Waals surface area contributed by atoms with Crippen LogP contribution in [0.5, 0.6) is 0 Å². The summed E-state index contributed by atoms with van der Waals surface area (Å²) in [5, 5.41) is 3.17. The number of hydrogen-bond donors (Lipinski definition) is 0. The third-order valence-electron chi connectivity index (χ3n) is 10.6. The maximum absolute atomic E-state index is 5.36. The van der Waals surface area contributed by atoms with E-state index in [-0.39, 0.29) is 0 Å². The van der Waals surface area contributed by atoms with Crippen molar-refractivity contribution < 1.29 is 0 Å². The Balaban J connectivity index is 1.24. The average molecular weight is 717 g/mol. The van der Waals surface area contributed by atoms with E-state index in [0.717, 1.165) is 82.8 Å². The predicted octanol–water partition coefficient (Wildman–Crippen LogP) is 12.1. The molecule has 0 aliphatic carbocycles. The molecule has 56 heavy (non-hydrogen) atoms. The summed E-state index contributed by atoms with van der Waals surface area (Å²) in [5.41, 5.74) is 12.3. The highest BCUT2D eigenvalue weighted by Gasteiger charge is 2.24. The molecule has 0 spiro atoms. The smallest absolute Gasteiger partial charge is 0.238 e. The second kappa shape index (κ2) is 13.0. The fourth-order valence-corrected chi connectivity index (χ4v) is 8.04. The van der Waals surface area contributed by atoms with Gasteiger partial charge in [-0.25, -0.2) is 4.98 Å². The molecule has 11 rings (SSSR count). The Morgan fingerprint density at radius 3 is 1.43 bits per heavy atom. The zero-order valence-electron chi connectivity index (χ0n) is 30.2. The molecule has 4 heterocycles. The monoisotopic (exact) mass is 716 g/mol. The van der Waals surface area contributed by atoms with Crippen molar-refractivity contribution in [2.24, 2.45) is 0 Å². The first kappa shape index (κ1) is 31.8. The molecule has 0 N–H and O–H groups in total. The van der Waals surface area contributed by atoms with Crippen LogP contribution in [0.2, 0.25) is 0 Å².